The summed E-state index contributed by atoms with van der Waals surface area (Å²) in [6.45, 7) is 0. The van der Waals surface area contributed by atoms with Crippen LogP contribution in [0.25, 0.3) is 0 Å². The third-order valence-corrected chi connectivity index (χ3v) is 4.67. The number of fused-ring (bicyclic) bond motifs is 1. The van der Waals surface area contributed by atoms with Gasteiger partial charge >= 0.3 is 0 Å². The van der Waals surface area contributed by atoms with Gasteiger partial charge in [0, 0.05) is 16.5 Å². The number of nitrogens with two attached hydrogens (primary N) is 1. The fraction of sp³-hybridized carbons (Fsp3) is 0.357. The van der Waals surface area contributed by atoms with Gasteiger partial charge in [0.05, 0.1) is 11.7 Å². The van der Waals surface area contributed by atoms with E-state index in [0.717, 1.165) is 36.0 Å². The van der Waals surface area contributed by atoms with Crippen LogP contribution in [0.4, 0.5) is 8.78 Å². The molecule has 1 aliphatic rings. The summed E-state index contributed by atoms with van der Waals surface area (Å²) in [4.78, 5) is 5.79. The molecular formula is C14H14F2N2S. The Morgan fingerprint density at radius 1 is 1.21 bits per heavy atom. The van der Waals surface area contributed by atoms with Gasteiger partial charge in [0.2, 0.25) is 0 Å². The Morgan fingerprint density at radius 3 is 2.74 bits per heavy atom. The number of nitrogens with zero attached hydrogens (tertiary/aromatic N) is 1. The molecule has 5 heteroatoms. The van der Waals surface area contributed by atoms with Gasteiger partial charge in [-0.15, -0.1) is 11.3 Å². The third kappa shape index (κ3) is 2.40. The second kappa shape index (κ2) is 4.98. The molecule has 0 amide bonds. The third-order valence-electron chi connectivity index (χ3n) is 3.43. The van der Waals surface area contributed by atoms with E-state index in [4.69, 9.17) is 5.73 Å². The first-order chi connectivity index (χ1) is 9.15. The lowest BCUT2D eigenvalue weighted by atomic mass is 10.0. The molecule has 2 aromatic rings. The minimum atomic E-state index is -0.615. The maximum Gasteiger partial charge on any atom is 0.131 e. The van der Waals surface area contributed by atoms with Gasteiger partial charge < -0.3 is 5.73 Å². The zero-order valence-electron chi connectivity index (χ0n) is 10.3. The lowest BCUT2D eigenvalue weighted by molar-refractivity contribution is 0.565. The van der Waals surface area contributed by atoms with Crippen molar-refractivity contribution < 1.29 is 8.78 Å². The maximum absolute atomic E-state index is 13.7. The van der Waals surface area contributed by atoms with Gasteiger partial charge in [-0.1, -0.05) is 6.07 Å². The zero-order chi connectivity index (χ0) is 13.4. The summed E-state index contributed by atoms with van der Waals surface area (Å²) in [6, 6.07) is 2.88. The van der Waals surface area contributed by atoms with Crippen molar-refractivity contribution in [2.75, 3.05) is 0 Å². The van der Waals surface area contributed by atoms with E-state index >= 15 is 0 Å². The molecule has 1 atom stereocenters. The summed E-state index contributed by atoms with van der Waals surface area (Å²) in [6.07, 6.45) is 4.33. The summed E-state index contributed by atoms with van der Waals surface area (Å²) < 4.78 is 26.6. The highest BCUT2D eigenvalue weighted by Gasteiger charge is 2.21. The first-order valence-corrected chi connectivity index (χ1v) is 7.16. The quantitative estimate of drug-likeness (QED) is 0.916. The Morgan fingerprint density at radius 2 is 2.00 bits per heavy atom. The van der Waals surface area contributed by atoms with Crippen molar-refractivity contribution in [3.8, 4) is 0 Å². The monoisotopic (exact) mass is 280 g/mol. The van der Waals surface area contributed by atoms with E-state index in [1.807, 2.05) is 0 Å². The van der Waals surface area contributed by atoms with E-state index in [-0.39, 0.29) is 0 Å². The van der Waals surface area contributed by atoms with Crippen LogP contribution in [0.3, 0.4) is 0 Å². The SMILES string of the molecule is NC(c1nc2c(s1)CCCC2)c1ccc(F)cc1F. The lowest BCUT2D eigenvalue weighted by Gasteiger charge is -2.09. The Kier molecular flexibility index (Phi) is 3.33. The number of hydrogen-bond donors (Lipinski definition) is 1. The van der Waals surface area contributed by atoms with Crippen LogP contribution in [-0.2, 0) is 12.8 Å². The van der Waals surface area contributed by atoms with E-state index in [2.05, 4.69) is 4.98 Å². The molecule has 100 valence electrons. The van der Waals surface area contributed by atoms with E-state index in [9.17, 15) is 8.78 Å². The van der Waals surface area contributed by atoms with Crippen molar-refractivity contribution in [1.82, 2.24) is 4.98 Å². The summed E-state index contributed by atoms with van der Waals surface area (Å²) >= 11 is 1.55. The van der Waals surface area contributed by atoms with Crippen LogP contribution in [0.15, 0.2) is 18.2 Å². The number of thiazole rings is 1. The summed E-state index contributed by atoms with van der Waals surface area (Å²) in [7, 11) is 0. The van der Waals surface area contributed by atoms with Gasteiger partial charge in [-0.25, -0.2) is 13.8 Å². The summed E-state index contributed by atoms with van der Waals surface area (Å²) in [5, 5.41) is 0.720. The molecule has 2 nitrogen and oxygen atoms in total. The summed E-state index contributed by atoms with van der Waals surface area (Å²) in [5.41, 5.74) is 7.46. The molecule has 0 saturated carbocycles. The number of aromatic nitrogens is 1. The molecule has 0 aliphatic heterocycles. The van der Waals surface area contributed by atoms with Crippen LogP contribution < -0.4 is 5.73 Å². The van der Waals surface area contributed by atoms with Gasteiger partial charge in [-0.2, -0.15) is 0 Å². The average molecular weight is 280 g/mol. The van der Waals surface area contributed by atoms with Crippen LogP contribution in [0, 0.1) is 11.6 Å². The highest BCUT2D eigenvalue weighted by molar-refractivity contribution is 7.11. The molecule has 0 radical (unpaired) electrons. The molecule has 0 spiro atoms. The number of hydrogen-bond acceptors (Lipinski definition) is 3. The Hall–Kier alpha value is -1.33. The molecule has 1 aromatic heterocycles. The lowest BCUT2D eigenvalue weighted by Crippen LogP contribution is -2.13. The summed E-state index contributed by atoms with van der Waals surface area (Å²) in [5.74, 6) is -1.20. The number of benzene rings is 1. The van der Waals surface area contributed by atoms with Crippen molar-refractivity contribution in [2.45, 2.75) is 31.7 Å². The van der Waals surface area contributed by atoms with Crippen LogP contribution in [0.2, 0.25) is 0 Å². The highest BCUT2D eigenvalue weighted by Crippen LogP contribution is 2.32. The van der Waals surface area contributed by atoms with Gasteiger partial charge in [0.1, 0.15) is 16.6 Å². The molecule has 3 rings (SSSR count). The molecule has 2 N–H and O–H groups in total. The minimum Gasteiger partial charge on any atom is -0.318 e. The fourth-order valence-electron chi connectivity index (χ4n) is 2.39. The molecule has 0 fully saturated rings. The topological polar surface area (TPSA) is 38.9 Å². The molecule has 1 unspecified atom stereocenters. The van der Waals surface area contributed by atoms with E-state index < -0.39 is 17.7 Å². The first-order valence-electron chi connectivity index (χ1n) is 6.34. The minimum absolute atomic E-state index is 0.299. The molecule has 1 aromatic carbocycles. The van der Waals surface area contributed by atoms with Crippen LogP contribution in [0.1, 0.15) is 40.0 Å². The van der Waals surface area contributed by atoms with Crippen molar-refractivity contribution in [3.05, 3.63) is 51.0 Å². The predicted octanol–water partition coefficient (Wildman–Crippen LogP) is 3.35. The van der Waals surface area contributed by atoms with Crippen LogP contribution in [-0.4, -0.2) is 4.98 Å². The molecule has 19 heavy (non-hydrogen) atoms. The van der Waals surface area contributed by atoms with E-state index in [1.54, 1.807) is 11.3 Å². The molecular weight excluding hydrogens is 266 g/mol. The largest absolute Gasteiger partial charge is 0.318 e. The van der Waals surface area contributed by atoms with Crippen molar-refractivity contribution in [2.24, 2.45) is 5.73 Å². The van der Waals surface area contributed by atoms with Gasteiger partial charge in [0.25, 0.3) is 0 Å². The van der Waals surface area contributed by atoms with Crippen molar-refractivity contribution in [1.29, 1.82) is 0 Å². The average Bonchev–Trinajstić information content (AvgIpc) is 2.81. The Balaban J connectivity index is 1.94. The first kappa shape index (κ1) is 12.7. The zero-order valence-corrected chi connectivity index (χ0v) is 11.1. The smallest absolute Gasteiger partial charge is 0.131 e. The van der Waals surface area contributed by atoms with Gasteiger partial charge in [-0.3, -0.25) is 0 Å². The van der Waals surface area contributed by atoms with E-state index in [1.165, 1.54) is 23.4 Å². The van der Waals surface area contributed by atoms with Gasteiger partial charge in [-0.05, 0) is 31.7 Å². The highest BCUT2D eigenvalue weighted by atomic mass is 32.1. The molecule has 1 heterocycles. The standard InChI is InChI=1S/C14H14F2N2S/c15-8-5-6-9(10(16)7-8)13(17)14-18-11-3-1-2-4-12(11)19-14/h5-7,13H,1-4,17H2. The Labute approximate surface area is 114 Å². The van der Waals surface area contributed by atoms with Crippen molar-refractivity contribution >= 4 is 11.3 Å². The fourth-order valence-corrected chi connectivity index (χ4v) is 3.57. The maximum atomic E-state index is 13.7. The Bertz CT molecular complexity index is 586. The number of aryl methyl sites for hydroxylation is 2. The van der Waals surface area contributed by atoms with Gasteiger partial charge in [0.15, 0.2) is 0 Å². The predicted molar refractivity (Wildman–Crippen MR) is 71.1 cm³/mol. The van der Waals surface area contributed by atoms with Crippen LogP contribution in [0.5, 0.6) is 0 Å². The number of halogens is 2. The van der Waals surface area contributed by atoms with Crippen LogP contribution >= 0.6 is 11.3 Å². The molecule has 1 aliphatic carbocycles. The van der Waals surface area contributed by atoms with E-state index in [0.29, 0.717) is 5.56 Å². The second-order valence-corrected chi connectivity index (χ2v) is 5.89. The number of rotatable bonds is 2. The normalized spacial score (nSPS) is 16.2. The molecule has 0 bridgehead atoms. The molecule has 0 saturated heterocycles. The second-order valence-electron chi connectivity index (χ2n) is 4.77. The van der Waals surface area contributed by atoms with Crippen molar-refractivity contribution in [3.63, 3.8) is 0 Å².